The molecule has 4 N–H and O–H groups in total. The molecule has 2 fully saturated rings. The Morgan fingerprint density at radius 3 is 2.65 bits per heavy atom. The van der Waals surface area contributed by atoms with Crippen LogP contribution in [0.5, 0.6) is 0 Å². The monoisotopic (exact) mass is 243 g/mol. The van der Waals surface area contributed by atoms with Crippen LogP contribution >= 0.6 is 0 Å². The molecule has 0 amide bonds. The molecule has 17 heavy (non-hydrogen) atoms. The first-order valence-electron chi connectivity index (χ1n) is 6.75. The van der Waals surface area contributed by atoms with Crippen molar-refractivity contribution in [2.45, 2.75) is 31.9 Å². The van der Waals surface area contributed by atoms with Crippen LogP contribution in [0.3, 0.4) is 0 Å². The molecule has 0 bridgehead atoms. The predicted molar refractivity (Wildman–Crippen MR) is 65.9 cm³/mol. The highest BCUT2D eigenvalue weighted by Gasteiger charge is 2.35. The van der Waals surface area contributed by atoms with Gasteiger partial charge in [0.1, 0.15) is 0 Å². The second-order valence-electron chi connectivity index (χ2n) is 5.35. The number of nitrogens with one attached hydrogen (secondary N) is 2. The van der Waals surface area contributed by atoms with Crippen LogP contribution in [0, 0.1) is 11.8 Å². The Hall–Kier alpha value is -0.200. The van der Waals surface area contributed by atoms with Crippen molar-refractivity contribution in [2.24, 2.45) is 11.8 Å². The molecule has 2 heterocycles. The number of hydrogen-bond acceptors (Lipinski definition) is 5. The second-order valence-corrected chi connectivity index (χ2v) is 5.35. The van der Waals surface area contributed by atoms with E-state index in [1.165, 1.54) is 5.06 Å². The van der Waals surface area contributed by atoms with E-state index in [0.717, 1.165) is 39.0 Å². The maximum atomic E-state index is 10.2. The van der Waals surface area contributed by atoms with E-state index in [0.29, 0.717) is 12.5 Å². The Morgan fingerprint density at radius 1 is 1.12 bits per heavy atom. The lowest BCUT2D eigenvalue weighted by Crippen LogP contribution is -2.46. The van der Waals surface area contributed by atoms with Crippen molar-refractivity contribution in [3.05, 3.63) is 0 Å². The summed E-state index contributed by atoms with van der Waals surface area (Å²) in [5.74, 6) is 0.524. The van der Waals surface area contributed by atoms with E-state index >= 15 is 0 Å². The molecule has 0 saturated carbocycles. The van der Waals surface area contributed by atoms with E-state index in [1.807, 2.05) is 0 Å². The van der Waals surface area contributed by atoms with Crippen molar-refractivity contribution in [2.75, 3.05) is 32.7 Å². The van der Waals surface area contributed by atoms with Crippen molar-refractivity contribution < 1.29 is 10.3 Å². The van der Waals surface area contributed by atoms with Crippen molar-refractivity contribution in [3.8, 4) is 0 Å². The summed E-state index contributed by atoms with van der Waals surface area (Å²) in [6.07, 6.45) is 1.66. The maximum absolute atomic E-state index is 10.2. The lowest BCUT2D eigenvalue weighted by atomic mass is 9.82. The molecule has 0 aromatic heterocycles. The largest absolute Gasteiger partial charge is 0.393 e. The zero-order valence-electron chi connectivity index (χ0n) is 10.6. The molecule has 4 unspecified atom stereocenters. The minimum atomic E-state index is -0.245. The van der Waals surface area contributed by atoms with Crippen molar-refractivity contribution >= 4 is 0 Å². The number of rotatable bonds is 1. The van der Waals surface area contributed by atoms with E-state index in [2.05, 4.69) is 17.6 Å². The first-order chi connectivity index (χ1) is 8.20. The summed E-state index contributed by atoms with van der Waals surface area (Å²) in [7, 11) is 0. The van der Waals surface area contributed by atoms with E-state index in [-0.39, 0.29) is 18.1 Å². The number of hydroxylamine groups is 2. The van der Waals surface area contributed by atoms with Crippen LogP contribution in [0.25, 0.3) is 0 Å². The lowest BCUT2D eigenvalue weighted by molar-refractivity contribution is -0.137. The number of nitrogens with zero attached hydrogens (tertiary/aromatic N) is 1. The van der Waals surface area contributed by atoms with Crippen LogP contribution in [-0.4, -0.2) is 60.2 Å². The molecule has 2 saturated heterocycles. The van der Waals surface area contributed by atoms with Gasteiger partial charge in [0.25, 0.3) is 0 Å². The quantitative estimate of drug-likeness (QED) is 0.507. The predicted octanol–water partition coefficient (Wildman–Crippen LogP) is -0.354. The van der Waals surface area contributed by atoms with Gasteiger partial charge in [-0.3, -0.25) is 0 Å². The molecule has 5 nitrogen and oxygen atoms in total. The molecule has 100 valence electrons. The van der Waals surface area contributed by atoms with Crippen LogP contribution < -0.4 is 10.6 Å². The van der Waals surface area contributed by atoms with Gasteiger partial charge in [0.15, 0.2) is 0 Å². The minimum absolute atomic E-state index is 0.101. The Labute approximate surface area is 103 Å². The highest BCUT2D eigenvalue weighted by Crippen LogP contribution is 2.26. The summed E-state index contributed by atoms with van der Waals surface area (Å²) in [6, 6.07) is 0.101. The molecule has 2 rings (SSSR count). The van der Waals surface area contributed by atoms with Gasteiger partial charge in [-0.05, 0) is 38.8 Å². The fourth-order valence-corrected chi connectivity index (χ4v) is 3.06. The molecule has 4 atom stereocenters. The Kier molecular flexibility index (Phi) is 4.76. The normalized spacial score (nSPS) is 41.8. The maximum Gasteiger partial charge on any atom is 0.0584 e. The Bertz CT molecular complexity index is 240. The van der Waals surface area contributed by atoms with Crippen LogP contribution in [-0.2, 0) is 0 Å². The zero-order valence-corrected chi connectivity index (χ0v) is 10.6. The van der Waals surface area contributed by atoms with Crippen LogP contribution in [0.4, 0.5) is 0 Å². The highest BCUT2D eigenvalue weighted by atomic mass is 16.5. The first kappa shape index (κ1) is 13.2. The standard InChI is InChI=1S/C12H25N3O2/c1-9-10(7-14-5-6-15(9)17)11-8-13-4-2-3-12(11)16/h9-14,16-17H,2-8H2,1H3. The third-order valence-corrected chi connectivity index (χ3v) is 4.27. The summed E-state index contributed by atoms with van der Waals surface area (Å²) in [5, 5.41) is 28.3. The summed E-state index contributed by atoms with van der Waals surface area (Å²) in [6.45, 7) is 6.25. The molecule has 2 aliphatic rings. The van der Waals surface area contributed by atoms with Crippen molar-refractivity contribution in [1.29, 1.82) is 0 Å². The minimum Gasteiger partial charge on any atom is -0.393 e. The van der Waals surface area contributed by atoms with Gasteiger partial charge in [-0.1, -0.05) is 0 Å². The van der Waals surface area contributed by atoms with Crippen LogP contribution in [0.1, 0.15) is 19.8 Å². The average Bonchev–Trinajstić information content (AvgIpc) is 2.61. The van der Waals surface area contributed by atoms with Crippen LogP contribution in [0.15, 0.2) is 0 Å². The molecular formula is C12H25N3O2. The molecule has 5 heteroatoms. The van der Waals surface area contributed by atoms with Gasteiger partial charge in [-0.25, -0.2) is 0 Å². The van der Waals surface area contributed by atoms with Gasteiger partial charge < -0.3 is 20.9 Å². The van der Waals surface area contributed by atoms with Gasteiger partial charge in [0.2, 0.25) is 0 Å². The van der Waals surface area contributed by atoms with Gasteiger partial charge in [-0.15, -0.1) is 0 Å². The molecule has 0 spiro atoms. The summed E-state index contributed by atoms with van der Waals surface area (Å²) in [4.78, 5) is 0. The van der Waals surface area contributed by atoms with Gasteiger partial charge in [-0.2, -0.15) is 5.06 Å². The fourth-order valence-electron chi connectivity index (χ4n) is 3.06. The molecule has 0 aliphatic carbocycles. The first-order valence-corrected chi connectivity index (χ1v) is 6.75. The molecule has 0 aromatic carbocycles. The summed E-state index contributed by atoms with van der Waals surface area (Å²) < 4.78 is 0. The van der Waals surface area contributed by atoms with Crippen molar-refractivity contribution in [3.63, 3.8) is 0 Å². The van der Waals surface area contributed by atoms with Crippen LogP contribution in [0.2, 0.25) is 0 Å². The van der Waals surface area contributed by atoms with E-state index in [4.69, 9.17) is 0 Å². The third-order valence-electron chi connectivity index (χ3n) is 4.27. The Balaban J connectivity index is 2.06. The van der Waals surface area contributed by atoms with E-state index in [1.54, 1.807) is 0 Å². The van der Waals surface area contributed by atoms with E-state index in [9.17, 15) is 10.3 Å². The summed E-state index contributed by atoms with van der Waals surface area (Å²) in [5.41, 5.74) is 0. The van der Waals surface area contributed by atoms with Gasteiger partial charge >= 0.3 is 0 Å². The summed E-state index contributed by atoms with van der Waals surface area (Å²) >= 11 is 0. The Morgan fingerprint density at radius 2 is 1.82 bits per heavy atom. The lowest BCUT2D eigenvalue weighted by Gasteiger charge is -2.35. The molecule has 0 aromatic rings. The second kappa shape index (κ2) is 6.11. The topological polar surface area (TPSA) is 67.8 Å². The van der Waals surface area contributed by atoms with Gasteiger partial charge in [0, 0.05) is 31.6 Å². The third kappa shape index (κ3) is 3.17. The zero-order chi connectivity index (χ0) is 12.3. The fraction of sp³-hybridized carbons (Fsp3) is 1.00. The molecule has 0 radical (unpaired) electrons. The number of hydrogen-bond donors (Lipinski definition) is 4. The smallest absolute Gasteiger partial charge is 0.0584 e. The van der Waals surface area contributed by atoms with Crippen molar-refractivity contribution in [1.82, 2.24) is 15.7 Å². The molecular weight excluding hydrogens is 218 g/mol. The highest BCUT2D eigenvalue weighted by molar-refractivity contribution is 4.89. The SMILES string of the molecule is CC1C(C2CNCCCC2O)CNCCN1O. The van der Waals surface area contributed by atoms with E-state index < -0.39 is 0 Å². The number of aliphatic hydroxyl groups excluding tert-OH is 1. The molecule has 2 aliphatic heterocycles. The average molecular weight is 243 g/mol. The van der Waals surface area contributed by atoms with Gasteiger partial charge in [0.05, 0.1) is 6.10 Å². The number of aliphatic hydroxyl groups is 1.